The molecule has 1 aromatic carbocycles. The van der Waals surface area contributed by atoms with E-state index < -0.39 is 0 Å². The van der Waals surface area contributed by atoms with Crippen molar-refractivity contribution in [2.75, 3.05) is 5.73 Å². The van der Waals surface area contributed by atoms with E-state index in [4.69, 9.17) is 5.73 Å². The summed E-state index contributed by atoms with van der Waals surface area (Å²) in [7, 11) is 0. The highest BCUT2D eigenvalue weighted by atomic mass is 79.9. The van der Waals surface area contributed by atoms with Gasteiger partial charge in [0.1, 0.15) is 0 Å². The molecule has 0 aliphatic carbocycles. The number of anilines is 1. The van der Waals surface area contributed by atoms with Crippen LogP contribution in [0.4, 0.5) is 5.69 Å². The monoisotopic (exact) mass is 302 g/mol. The fraction of sp³-hybridized carbons (Fsp3) is 0.0769. The highest BCUT2D eigenvalue weighted by molar-refractivity contribution is 9.10. The summed E-state index contributed by atoms with van der Waals surface area (Å²) in [4.78, 5) is 0. The Hall–Kier alpha value is -1.88. The number of nitrogens with two attached hydrogens (primary N) is 1. The first-order valence-electron chi connectivity index (χ1n) is 5.52. The molecule has 0 aliphatic heterocycles. The Balaban J connectivity index is 2.27. The minimum Gasteiger partial charge on any atom is -0.397 e. The highest BCUT2D eigenvalue weighted by Crippen LogP contribution is 2.25. The summed E-state index contributed by atoms with van der Waals surface area (Å²) in [6.07, 6.45) is 1.83. The Bertz CT molecular complexity index is 716. The molecule has 18 heavy (non-hydrogen) atoms. The molecule has 5 heteroatoms. The quantitative estimate of drug-likeness (QED) is 0.751. The Morgan fingerprint density at radius 3 is 2.61 bits per heavy atom. The van der Waals surface area contributed by atoms with Crippen molar-refractivity contribution in [2.24, 2.45) is 0 Å². The second-order valence-corrected chi connectivity index (χ2v) is 5.06. The Labute approximate surface area is 113 Å². The minimum absolute atomic E-state index is 0.669. The molecule has 0 aliphatic rings. The molecular formula is C13H11BrN4. The number of nitrogen functional groups attached to an aromatic ring is 1. The second kappa shape index (κ2) is 4.10. The number of aromatic nitrogens is 3. The Morgan fingerprint density at radius 2 is 1.89 bits per heavy atom. The number of pyridine rings is 1. The van der Waals surface area contributed by atoms with E-state index in [-0.39, 0.29) is 0 Å². The van der Waals surface area contributed by atoms with Gasteiger partial charge in [0.2, 0.25) is 0 Å². The SMILES string of the molecule is Cc1ccc(-c2nnc3c(Br)cc(N)cn23)cc1. The Morgan fingerprint density at radius 1 is 1.17 bits per heavy atom. The van der Waals surface area contributed by atoms with E-state index in [2.05, 4.69) is 45.2 Å². The summed E-state index contributed by atoms with van der Waals surface area (Å²) in [5, 5.41) is 8.39. The number of nitrogens with zero attached hydrogens (tertiary/aromatic N) is 3. The van der Waals surface area contributed by atoms with Crippen LogP contribution in [0.5, 0.6) is 0 Å². The molecule has 0 atom stereocenters. The van der Waals surface area contributed by atoms with Gasteiger partial charge in [-0.3, -0.25) is 4.40 Å². The zero-order valence-corrected chi connectivity index (χ0v) is 11.3. The molecule has 0 saturated carbocycles. The van der Waals surface area contributed by atoms with Gasteiger partial charge in [-0.25, -0.2) is 0 Å². The highest BCUT2D eigenvalue weighted by Gasteiger charge is 2.10. The smallest absolute Gasteiger partial charge is 0.175 e. The number of aryl methyl sites for hydroxylation is 1. The molecule has 2 heterocycles. The first kappa shape index (κ1) is 11.2. The molecule has 0 saturated heterocycles. The summed E-state index contributed by atoms with van der Waals surface area (Å²) < 4.78 is 2.73. The van der Waals surface area contributed by atoms with E-state index in [0.29, 0.717) is 5.69 Å². The summed E-state index contributed by atoms with van der Waals surface area (Å²) in [6.45, 7) is 2.06. The van der Waals surface area contributed by atoms with Crippen molar-refractivity contribution in [2.45, 2.75) is 6.92 Å². The van der Waals surface area contributed by atoms with Gasteiger partial charge in [-0.15, -0.1) is 10.2 Å². The molecule has 2 N–H and O–H groups in total. The topological polar surface area (TPSA) is 56.2 Å². The third kappa shape index (κ3) is 1.76. The van der Waals surface area contributed by atoms with Crippen molar-refractivity contribution >= 4 is 27.3 Å². The molecule has 0 spiro atoms. The van der Waals surface area contributed by atoms with E-state index >= 15 is 0 Å². The van der Waals surface area contributed by atoms with Gasteiger partial charge in [-0.05, 0) is 28.9 Å². The predicted octanol–water partition coefficient (Wildman–Crippen LogP) is 3.05. The molecule has 3 rings (SSSR count). The minimum atomic E-state index is 0.669. The van der Waals surface area contributed by atoms with Gasteiger partial charge in [-0.2, -0.15) is 0 Å². The number of hydrogen-bond acceptors (Lipinski definition) is 3. The van der Waals surface area contributed by atoms with Crippen LogP contribution in [-0.2, 0) is 0 Å². The van der Waals surface area contributed by atoms with Crippen LogP contribution in [-0.4, -0.2) is 14.6 Å². The molecule has 4 nitrogen and oxygen atoms in total. The van der Waals surface area contributed by atoms with E-state index in [9.17, 15) is 0 Å². The van der Waals surface area contributed by atoms with E-state index in [1.165, 1.54) is 5.56 Å². The van der Waals surface area contributed by atoms with Crippen LogP contribution in [0, 0.1) is 6.92 Å². The number of halogens is 1. The lowest BCUT2D eigenvalue weighted by molar-refractivity contribution is 1.11. The fourth-order valence-electron chi connectivity index (χ4n) is 1.87. The molecule has 90 valence electrons. The summed E-state index contributed by atoms with van der Waals surface area (Å²) in [6, 6.07) is 9.99. The molecule has 0 amide bonds. The fourth-order valence-corrected chi connectivity index (χ4v) is 2.41. The maximum atomic E-state index is 5.85. The Kier molecular flexibility index (Phi) is 2.56. The summed E-state index contributed by atoms with van der Waals surface area (Å²) in [5.41, 5.74) is 9.52. The molecule has 0 unspecified atom stereocenters. The zero-order chi connectivity index (χ0) is 12.7. The van der Waals surface area contributed by atoms with Crippen molar-refractivity contribution in [3.63, 3.8) is 0 Å². The van der Waals surface area contributed by atoms with Crippen LogP contribution in [0.25, 0.3) is 17.0 Å². The zero-order valence-electron chi connectivity index (χ0n) is 9.76. The van der Waals surface area contributed by atoms with Crippen molar-refractivity contribution in [3.05, 3.63) is 46.6 Å². The van der Waals surface area contributed by atoms with E-state index in [0.717, 1.165) is 21.5 Å². The molecule has 0 radical (unpaired) electrons. The van der Waals surface area contributed by atoms with Gasteiger partial charge >= 0.3 is 0 Å². The number of rotatable bonds is 1. The van der Waals surface area contributed by atoms with E-state index in [1.807, 2.05) is 28.8 Å². The summed E-state index contributed by atoms with van der Waals surface area (Å²) >= 11 is 3.44. The van der Waals surface area contributed by atoms with Crippen LogP contribution in [0.3, 0.4) is 0 Å². The summed E-state index contributed by atoms with van der Waals surface area (Å²) in [5.74, 6) is 0.790. The van der Waals surface area contributed by atoms with Crippen molar-refractivity contribution < 1.29 is 0 Å². The lowest BCUT2D eigenvalue weighted by Gasteiger charge is -2.03. The van der Waals surface area contributed by atoms with Gasteiger partial charge in [0.25, 0.3) is 0 Å². The standard InChI is InChI=1S/C13H11BrN4/c1-8-2-4-9(5-3-8)12-16-17-13-11(14)6-10(15)7-18(12)13/h2-7H,15H2,1H3. The lowest BCUT2D eigenvalue weighted by Crippen LogP contribution is -1.94. The van der Waals surface area contributed by atoms with Crippen LogP contribution < -0.4 is 5.73 Å². The molecular weight excluding hydrogens is 292 g/mol. The van der Waals surface area contributed by atoms with Crippen molar-refractivity contribution in [1.29, 1.82) is 0 Å². The van der Waals surface area contributed by atoms with Gasteiger partial charge < -0.3 is 5.73 Å². The first-order valence-corrected chi connectivity index (χ1v) is 6.31. The predicted molar refractivity (Wildman–Crippen MR) is 75.3 cm³/mol. The number of fused-ring (bicyclic) bond motifs is 1. The van der Waals surface area contributed by atoms with Gasteiger partial charge in [0.15, 0.2) is 11.5 Å². The third-order valence-corrected chi connectivity index (χ3v) is 3.37. The van der Waals surface area contributed by atoms with Crippen LogP contribution in [0.1, 0.15) is 5.56 Å². The second-order valence-electron chi connectivity index (χ2n) is 4.20. The van der Waals surface area contributed by atoms with Gasteiger partial charge in [-0.1, -0.05) is 29.8 Å². The van der Waals surface area contributed by atoms with Crippen LogP contribution in [0.2, 0.25) is 0 Å². The third-order valence-electron chi connectivity index (χ3n) is 2.79. The largest absolute Gasteiger partial charge is 0.397 e. The molecule has 3 aromatic rings. The van der Waals surface area contributed by atoms with Crippen LogP contribution >= 0.6 is 15.9 Å². The molecule has 0 bridgehead atoms. The lowest BCUT2D eigenvalue weighted by atomic mass is 10.1. The molecule has 0 fully saturated rings. The van der Waals surface area contributed by atoms with Gasteiger partial charge in [0.05, 0.1) is 4.47 Å². The average molecular weight is 303 g/mol. The van der Waals surface area contributed by atoms with Crippen molar-refractivity contribution in [3.8, 4) is 11.4 Å². The van der Waals surface area contributed by atoms with Crippen LogP contribution in [0.15, 0.2) is 41.0 Å². The van der Waals surface area contributed by atoms with Crippen molar-refractivity contribution in [1.82, 2.24) is 14.6 Å². The first-order chi connectivity index (χ1) is 8.65. The molecule has 2 aromatic heterocycles. The number of benzene rings is 1. The number of hydrogen-bond donors (Lipinski definition) is 1. The maximum Gasteiger partial charge on any atom is 0.175 e. The normalized spacial score (nSPS) is 11.0. The van der Waals surface area contributed by atoms with E-state index in [1.54, 1.807) is 0 Å². The average Bonchev–Trinajstić information content (AvgIpc) is 2.74. The maximum absolute atomic E-state index is 5.85. The van der Waals surface area contributed by atoms with Gasteiger partial charge in [0, 0.05) is 17.4 Å².